The molecular formula is C24H21N3O4. The Labute approximate surface area is 178 Å². The predicted molar refractivity (Wildman–Crippen MR) is 119 cm³/mol. The molecule has 0 saturated heterocycles. The number of hydrogen-bond acceptors (Lipinski definition) is 5. The molecule has 0 aliphatic rings. The van der Waals surface area contributed by atoms with E-state index >= 15 is 0 Å². The van der Waals surface area contributed by atoms with Crippen LogP contribution in [0.15, 0.2) is 65.6 Å². The Morgan fingerprint density at radius 1 is 1.06 bits per heavy atom. The van der Waals surface area contributed by atoms with E-state index in [0.29, 0.717) is 34.0 Å². The molecule has 2 heterocycles. The molecule has 2 aromatic carbocycles. The van der Waals surface area contributed by atoms with Crippen LogP contribution in [0, 0.1) is 6.92 Å². The summed E-state index contributed by atoms with van der Waals surface area (Å²) in [5, 5.41) is 5.22. The second-order valence-corrected chi connectivity index (χ2v) is 6.96. The van der Waals surface area contributed by atoms with Gasteiger partial charge in [0.2, 0.25) is 0 Å². The van der Waals surface area contributed by atoms with E-state index < -0.39 is 0 Å². The van der Waals surface area contributed by atoms with Crippen LogP contribution in [0.4, 0.5) is 0 Å². The highest BCUT2D eigenvalue weighted by atomic mass is 16.5. The van der Waals surface area contributed by atoms with E-state index in [-0.39, 0.29) is 11.3 Å². The fourth-order valence-corrected chi connectivity index (χ4v) is 3.44. The van der Waals surface area contributed by atoms with Crippen LogP contribution >= 0.6 is 0 Å². The van der Waals surface area contributed by atoms with Gasteiger partial charge in [-0.1, -0.05) is 24.3 Å². The number of benzene rings is 2. The van der Waals surface area contributed by atoms with Crippen LogP contribution in [0.5, 0.6) is 11.5 Å². The predicted octanol–water partition coefficient (Wildman–Crippen LogP) is 3.94. The minimum Gasteiger partial charge on any atom is -0.497 e. The minimum atomic E-state index is -0.233. The van der Waals surface area contributed by atoms with Crippen molar-refractivity contribution in [3.63, 3.8) is 0 Å². The monoisotopic (exact) mass is 415 g/mol. The number of nitrogens with one attached hydrogen (secondary N) is 1. The Morgan fingerprint density at radius 2 is 1.77 bits per heavy atom. The maximum Gasteiger partial charge on any atom is 0.250 e. The highest BCUT2D eigenvalue weighted by Crippen LogP contribution is 2.24. The van der Waals surface area contributed by atoms with Gasteiger partial charge in [-0.05, 0) is 36.8 Å². The molecule has 0 fully saturated rings. The van der Waals surface area contributed by atoms with Gasteiger partial charge < -0.3 is 14.5 Å². The average molecular weight is 415 g/mol. The molecule has 0 aliphatic heterocycles. The number of carbonyl (C=O) groups excluding carboxylic acids is 1. The van der Waals surface area contributed by atoms with Gasteiger partial charge >= 0.3 is 0 Å². The number of allylic oxidation sites excluding steroid dienone is 1. The molecule has 156 valence electrons. The zero-order valence-electron chi connectivity index (χ0n) is 17.4. The molecule has 0 amide bonds. The fraction of sp³-hybridized carbons (Fsp3) is 0.125. The quantitative estimate of drug-likeness (QED) is 0.381. The number of aromatic nitrogens is 3. The third kappa shape index (κ3) is 3.98. The molecular weight excluding hydrogens is 394 g/mol. The number of ether oxygens (including phenoxy) is 2. The first-order chi connectivity index (χ1) is 15.0. The number of aromatic amines is 1. The largest absolute Gasteiger partial charge is 0.497 e. The Balaban J connectivity index is 1.69. The van der Waals surface area contributed by atoms with Crippen LogP contribution in [0.2, 0.25) is 0 Å². The second kappa shape index (κ2) is 8.31. The van der Waals surface area contributed by atoms with Crippen LogP contribution in [-0.4, -0.2) is 34.8 Å². The van der Waals surface area contributed by atoms with Gasteiger partial charge in [0.15, 0.2) is 5.78 Å². The summed E-state index contributed by atoms with van der Waals surface area (Å²) >= 11 is 0. The van der Waals surface area contributed by atoms with E-state index in [9.17, 15) is 9.59 Å². The normalized spacial score (nSPS) is 11.2. The van der Waals surface area contributed by atoms with Gasteiger partial charge in [0, 0.05) is 17.5 Å². The molecule has 31 heavy (non-hydrogen) atoms. The van der Waals surface area contributed by atoms with Gasteiger partial charge in [-0.2, -0.15) is 5.10 Å². The number of fused-ring (bicyclic) bond motifs is 1. The van der Waals surface area contributed by atoms with Gasteiger partial charge in [0.25, 0.3) is 5.56 Å². The van der Waals surface area contributed by atoms with Gasteiger partial charge in [-0.25, -0.2) is 4.68 Å². The van der Waals surface area contributed by atoms with Crippen molar-refractivity contribution in [3.05, 3.63) is 88.0 Å². The first-order valence-corrected chi connectivity index (χ1v) is 9.62. The van der Waals surface area contributed by atoms with Crippen molar-refractivity contribution in [1.82, 2.24) is 14.8 Å². The zero-order valence-corrected chi connectivity index (χ0v) is 17.4. The van der Waals surface area contributed by atoms with Crippen molar-refractivity contribution >= 4 is 22.8 Å². The highest BCUT2D eigenvalue weighted by Gasteiger charge is 2.15. The van der Waals surface area contributed by atoms with Gasteiger partial charge in [0.05, 0.1) is 42.9 Å². The number of ketones is 1. The van der Waals surface area contributed by atoms with E-state index in [1.54, 1.807) is 38.0 Å². The van der Waals surface area contributed by atoms with Crippen LogP contribution < -0.4 is 15.0 Å². The Bertz CT molecular complexity index is 1340. The summed E-state index contributed by atoms with van der Waals surface area (Å²) in [6, 6.07) is 14.3. The molecule has 1 N–H and O–H groups in total. The number of para-hydroxylation sites is 1. The Morgan fingerprint density at radius 3 is 2.48 bits per heavy atom. The van der Waals surface area contributed by atoms with Crippen molar-refractivity contribution in [2.45, 2.75) is 6.92 Å². The third-order valence-corrected chi connectivity index (χ3v) is 5.03. The summed E-state index contributed by atoms with van der Waals surface area (Å²) in [5.74, 6) is 1.08. The lowest BCUT2D eigenvalue weighted by atomic mass is 10.1. The second-order valence-electron chi connectivity index (χ2n) is 6.96. The van der Waals surface area contributed by atoms with Crippen LogP contribution in [-0.2, 0) is 0 Å². The number of methoxy groups -OCH3 is 2. The Hall–Kier alpha value is -4.13. The number of hydrogen-bond donors (Lipinski definition) is 1. The number of pyridine rings is 1. The molecule has 7 heteroatoms. The summed E-state index contributed by atoms with van der Waals surface area (Å²) in [5.41, 5.74) is 2.97. The van der Waals surface area contributed by atoms with Crippen LogP contribution in [0.1, 0.15) is 21.6 Å². The van der Waals surface area contributed by atoms with Crippen molar-refractivity contribution in [2.75, 3.05) is 14.2 Å². The summed E-state index contributed by atoms with van der Waals surface area (Å²) in [6.07, 6.45) is 4.70. The molecule has 0 spiro atoms. The average Bonchev–Trinajstić information content (AvgIpc) is 3.17. The van der Waals surface area contributed by atoms with E-state index in [1.807, 2.05) is 36.4 Å². The number of nitrogens with zero attached hydrogens (tertiary/aromatic N) is 2. The lowest BCUT2D eigenvalue weighted by Gasteiger charge is -2.08. The summed E-state index contributed by atoms with van der Waals surface area (Å²) in [4.78, 5) is 27.8. The molecule has 2 aromatic heterocycles. The van der Waals surface area contributed by atoms with Crippen molar-refractivity contribution < 1.29 is 14.3 Å². The molecule has 0 unspecified atom stereocenters. The lowest BCUT2D eigenvalue weighted by molar-refractivity contribution is 0.104. The number of carbonyl (C=O) groups is 1. The van der Waals surface area contributed by atoms with Crippen molar-refractivity contribution in [3.8, 4) is 17.2 Å². The smallest absolute Gasteiger partial charge is 0.250 e. The summed E-state index contributed by atoms with van der Waals surface area (Å²) in [7, 11) is 3.15. The standard InChI is InChI=1S/C24H21N3O4/c1-15-20(23(28)9-8-16-10-17(30-2)12-18(11-16)31-3)14-25-27(15)22-13-24(29)26-21-7-5-4-6-19(21)22/h4-14H,1-3H3,(H,26,29)/b9-8+. The maximum atomic E-state index is 12.9. The highest BCUT2D eigenvalue weighted by molar-refractivity contribution is 6.07. The molecule has 0 atom stereocenters. The molecule has 4 aromatic rings. The molecule has 7 nitrogen and oxygen atoms in total. The topological polar surface area (TPSA) is 86.2 Å². The molecule has 4 rings (SSSR count). The van der Waals surface area contributed by atoms with Gasteiger partial charge in [-0.15, -0.1) is 0 Å². The van der Waals surface area contributed by atoms with Crippen LogP contribution in [0.25, 0.3) is 22.7 Å². The van der Waals surface area contributed by atoms with Crippen LogP contribution in [0.3, 0.4) is 0 Å². The van der Waals surface area contributed by atoms with Crippen molar-refractivity contribution in [2.24, 2.45) is 0 Å². The van der Waals surface area contributed by atoms with E-state index in [2.05, 4.69) is 10.1 Å². The third-order valence-electron chi connectivity index (χ3n) is 5.03. The van der Waals surface area contributed by atoms with E-state index in [0.717, 1.165) is 10.9 Å². The van der Waals surface area contributed by atoms with Crippen molar-refractivity contribution in [1.29, 1.82) is 0 Å². The minimum absolute atomic E-state index is 0.195. The lowest BCUT2D eigenvalue weighted by Crippen LogP contribution is -2.10. The number of H-pyrrole nitrogens is 1. The maximum absolute atomic E-state index is 12.9. The first kappa shape index (κ1) is 20.2. The molecule has 0 radical (unpaired) electrons. The van der Waals surface area contributed by atoms with E-state index in [1.165, 1.54) is 18.3 Å². The fourth-order valence-electron chi connectivity index (χ4n) is 3.44. The SMILES string of the molecule is COc1cc(/C=C/C(=O)c2cnn(-c3cc(=O)[nH]c4ccccc34)c2C)cc(OC)c1. The van der Waals surface area contributed by atoms with E-state index in [4.69, 9.17) is 9.47 Å². The van der Waals surface area contributed by atoms with Gasteiger partial charge in [0.1, 0.15) is 11.5 Å². The summed E-state index contributed by atoms with van der Waals surface area (Å²) < 4.78 is 12.1. The zero-order chi connectivity index (χ0) is 22.0. The first-order valence-electron chi connectivity index (χ1n) is 9.62. The summed E-state index contributed by atoms with van der Waals surface area (Å²) in [6.45, 7) is 1.80. The molecule has 0 aliphatic carbocycles. The van der Waals surface area contributed by atoms with Gasteiger partial charge in [-0.3, -0.25) is 9.59 Å². The molecule has 0 bridgehead atoms. The molecule has 0 saturated carbocycles. The number of rotatable bonds is 6. The Kier molecular flexibility index (Phi) is 5.41.